The predicted molar refractivity (Wildman–Crippen MR) is 99.1 cm³/mol. The lowest BCUT2D eigenvalue weighted by atomic mass is 9.96. The number of carbonyl (C=O) groups is 1. The molecule has 124 valence electrons. The van der Waals surface area contributed by atoms with Gasteiger partial charge in [-0.1, -0.05) is 0 Å². The van der Waals surface area contributed by atoms with Gasteiger partial charge in [0.05, 0.1) is 23.2 Å². The van der Waals surface area contributed by atoms with Crippen LogP contribution in [0.1, 0.15) is 37.6 Å². The van der Waals surface area contributed by atoms with E-state index in [9.17, 15) is 4.79 Å². The number of hydrogen-bond acceptors (Lipinski definition) is 5. The molecule has 1 aliphatic carbocycles. The molecule has 0 N–H and O–H groups in total. The normalized spacial score (nSPS) is 13.3. The lowest BCUT2D eigenvalue weighted by Gasteiger charge is -2.09. The average Bonchev–Trinajstić information content (AvgIpc) is 3.16. The van der Waals surface area contributed by atoms with Gasteiger partial charge in [0.2, 0.25) is 0 Å². The number of methoxy groups -OCH3 is 1. The standard InChI is InChI=1S/C20H16N2O2S/c1-11-6-7-21-9-16(11)17-18(20-12(2)22-10-25-20)14-5-4-13(24-3)8-15(14)19(17)23/h4-10H,1-3H3. The van der Waals surface area contributed by atoms with Crippen LogP contribution in [0.5, 0.6) is 5.75 Å². The molecule has 0 radical (unpaired) electrons. The molecule has 0 saturated heterocycles. The summed E-state index contributed by atoms with van der Waals surface area (Å²) in [7, 11) is 1.61. The van der Waals surface area contributed by atoms with E-state index in [1.54, 1.807) is 30.8 Å². The van der Waals surface area contributed by atoms with Gasteiger partial charge in [0.15, 0.2) is 5.78 Å². The van der Waals surface area contributed by atoms with E-state index in [2.05, 4.69) is 9.97 Å². The van der Waals surface area contributed by atoms with Crippen molar-refractivity contribution < 1.29 is 9.53 Å². The zero-order chi connectivity index (χ0) is 17.6. The monoisotopic (exact) mass is 348 g/mol. The van der Waals surface area contributed by atoms with E-state index in [4.69, 9.17) is 4.74 Å². The smallest absolute Gasteiger partial charge is 0.195 e. The fourth-order valence-electron chi connectivity index (χ4n) is 3.20. The summed E-state index contributed by atoms with van der Waals surface area (Å²) < 4.78 is 5.31. The van der Waals surface area contributed by atoms with E-state index in [0.717, 1.165) is 32.8 Å². The highest BCUT2D eigenvalue weighted by atomic mass is 32.1. The molecule has 0 amide bonds. The lowest BCUT2D eigenvalue weighted by molar-refractivity contribution is 0.105. The number of carbonyl (C=O) groups excluding carboxylic acids is 1. The molecular formula is C20H16N2O2S. The van der Waals surface area contributed by atoms with Crippen molar-refractivity contribution in [1.82, 2.24) is 9.97 Å². The zero-order valence-corrected chi connectivity index (χ0v) is 15.0. The van der Waals surface area contributed by atoms with Crippen molar-refractivity contribution in [2.45, 2.75) is 13.8 Å². The molecule has 0 aliphatic heterocycles. The molecule has 0 atom stereocenters. The van der Waals surface area contributed by atoms with E-state index in [1.165, 1.54) is 0 Å². The molecule has 2 heterocycles. The lowest BCUT2D eigenvalue weighted by Crippen LogP contribution is -2.01. The molecule has 25 heavy (non-hydrogen) atoms. The molecule has 0 saturated carbocycles. The van der Waals surface area contributed by atoms with Gasteiger partial charge in [-0.15, -0.1) is 11.3 Å². The Bertz CT molecular complexity index is 1030. The third-order valence-corrected chi connectivity index (χ3v) is 5.44. The number of pyridine rings is 1. The molecule has 4 rings (SSSR count). The number of nitrogens with zero attached hydrogens (tertiary/aromatic N) is 2. The van der Waals surface area contributed by atoms with E-state index in [-0.39, 0.29) is 5.78 Å². The number of allylic oxidation sites excluding steroid dienone is 1. The number of ether oxygens (including phenoxy) is 1. The molecule has 0 fully saturated rings. The van der Waals surface area contributed by atoms with Crippen LogP contribution in [0.2, 0.25) is 0 Å². The van der Waals surface area contributed by atoms with Gasteiger partial charge in [0.25, 0.3) is 0 Å². The molecule has 2 aromatic heterocycles. The van der Waals surface area contributed by atoms with Crippen molar-refractivity contribution >= 4 is 28.3 Å². The molecule has 4 nitrogen and oxygen atoms in total. The first-order chi connectivity index (χ1) is 12.1. The minimum Gasteiger partial charge on any atom is -0.497 e. The number of Topliss-reactive ketones (excluding diaryl/α,β-unsaturated/α-hetero) is 1. The maximum Gasteiger partial charge on any atom is 0.195 e. The third-order valence-electron chi connectivity index (χ3n) is 4.50. The fraction of sp³-hybridized carbons (Fsp3) is 0.150. The minimum atomic E-state index is 0.00722. The van der Waals surface area contributed by atoms with Gasteiger partial charge in [0, 0.05) is 34.7 Å². The van der Waals surface area contributed by atoms with Crippen LogP contribution >= 0.6 is 11.3 Å². The van der Waals surface area contributed by atoms with E-state index in [1.807, 2.05) is 43.6 Å². The maximum atomic E-state index is 13.3. The Morgan fingerprint density at radius 1 is 1.04 bits per heavy atom. The van der Waals surface area contributed by atoms with Crippen molar-refractivity contribution in [2.75, 3.05) is 7.11 Å². The number of ketones is 1. The number of fused-ring (bicyclic) bond motifs is 1. The van der Waals surface area contributed by atoms with Crippen LogP contribution in [-0.2, 0) is 0 Å². The highest BCUT2D eigenvalue weighted by Crippen LogP contribution is 2.45. The maximum absolute atomic E-state index is 13.3. The highest BCUT2D eigenvalue weighted by Gasteiger charge is 2.33. The van der Waals surface area contributed by atoms with Crippen LogP contribution in [0.15, 0.2) is 42.2 Å². The largest absolute Gasteiger partial charge is 0.497 e. The Balaban J connectivity index is 2.05. The fourth-order valence-corrected chi connectivity index (χ4v) is 4.07. The van der Waals surface area contributed by atoms with Gasteiger partial charge < -0.3 is 4.74 Å². The van der Waals surface area contributed by atoms with Gasteiger partial charge in [-0.25, -0.2) is 4.98 Å². The van der Waals surface area contributed by atoms with Gasteiger partial charge in [-0.2, -0.15) is 0 Å². The molecule has 3 aromatic rings. The number of hydrogen-bond donors (Lipinski definition) is 0. The van der Waals surface area contributed by atoms with Crippen molar-refractivity contribution in [3.05, 3.63) is 75.0 Å². The summed E-state index contributed by atoms with van der Waals surface area (Å²) in [5, 5.41) is 0. The van der Waals surface area contributed by atoms with E-state index >= 15 is 0 Å². The summed E-state index contributed by atoms with van der Waals surface area (Å²) in [5.74, 6) is 0.685. The van der Waals surface area contributed by atoms with Gasteiger partial charge in [-0.05, 0) is 49.2 Å². The summed E-state index contributed by atoms with van der Waals surface area (Å²) in [6, 6.07) is 7.59. The van der Waals surface area contributed by atoms with Crippen LogP contribution in [0.4, 0.5) is 0 Å². The first-order valence-corrected chi connectivity index (χ1v) is 8.78. The molecule has 1 aliphatic rings. The SMILES string of the molecule is COc1ccc2c(c1)C(=O)C(c1cnccc1C)=C2c1scnc1C. The quantitative estimate of drug-likeness (QED) is 0.707. The molecule has 0 bridgehead atoms. The van der Waals surface area contributed by atoms with Crippen molar-refractivity contribution in [3.8, 4) is 5.75 Å². The second kappa shape index (κ2) is 5.93. The molecule has 5 heteroatoms. The van der Waals surface area contributed by atoms with E-state index < -0.39 is 0 Å². The average molecular weight is 348 g/mol. The summed E-state index contributed by atoms with van der Waals surface area (Å²) in [4.78, 5) is 22.9. The van der Waals surface area contributed by atoms with Crippen LogP contribution in [0.3, 0.4) is 0 Å². The first-order valence-electron chi connectivity index (χ1n) is 7.90. The Kier molecular flexibility index (Phi) is 3.73. The second-order valence-corrected chi connectivity index (χ2v) is 6.80. The van der Waals surface area contributed by atoms with Gasteiger partial charge >= 0.3 is 0 Å². The Morgan fingerprint density at radius 2 is 1.88 bits per heavy atom. The van der Waals surface area contributed by atoms with E-state index in [0.29, 0.717) is 16.9 Å². The number of aromatic nitrogens is 2. The zero-order valence-electron chi connectivity index (χ0n) is 14.2. The topological polar surface area (TPSA) is 52.1 Å². The summed E-state index contributed by atoms with van der Waals surface area (Å²) >= 11 is 1.55. The highest BCUT2D eigenvalue weighted by molar-refractivity contribution is 7.11. The molecular weight excluding hydrogens is 332 g/mol. The van der Waals surface area contributed by atoms with Crippen molar-refractivity contribution in [1.29, 1.82) is 0 Å². The summed E-state index contributed by atoms with van der Waals surface area (Å²) in [5.41, 5.74) is 7.87. The van der Waals surface area contributed by atoms with Crippen LogP contribution in [-0.4, -0.2) is 22.9 Å². The van der Waals surface area contributed by atoms with Crippen molar-refractivity contribution in [3.63, 3.8) is 0 Å². The minimum absolute atomic E-state index is 0.00722. The number of benzene rings is 1. The predicted octanol–water partition coefficient (Wildman–Crippen LogP) is 4.32. The van der Waals surface area contributed by atoms with Crippen molar-refractivity contribution in [2.24, 2.45) is 0 Å². The Morgan fingerprint density at radius 3 is 2.56 bits per heavy atom. The van der Waals surface area contributed by atoms with Crippen LogP contribution in [0, 0.1) is 13.8 Å². The Hall–Kier alpha value is -2.79. The molecule has 1 aromatic carbocycles. The van der Waals surface area contributed by atoms with Gasteiger partial charge in [0.1, 0.15) is 5.75 Å². The number of thiazole rings is 1. The first kappa shape index (κ1) is 15.7. The van der Waals surface area contributed by atoms with Gasteiger partial charge in [-0.3, -0.25) is 9.78 Å². The van der Waals surface area contributed by atoms with Crippen LogP contribution < -0.4 is 4.74 Å². The summed E-state index contributed by atoms with van der Waals surface area (Å²) in [6.07, 6.45) is 3.51. The number of rotatable bonds is 3. The van der Waals surface area contributed by atoms with Crippen LogP contribution in [0.25, 0.3) is 11.1 Å². The second-order valence-electron chi connectivity index (χ2n) is 5.95. The third kappa shape index (κ3) is 2.39. The number of aryl methyl sites for hydroxylation is 2. The summed E-state index contributed by atoms with van der Waals surface area (Å²) in [6.45, 7) is 3.97. The Labute approximate surface area is 149 Å². The molecule has 0 spiro atoms. The molecule has 0 unspecified atom stereocenters.